The van der Waals surface area contributed by atoms with Gasteiger partial charge in [0.25, 0.3) is 11.6 Å². The van der Waals surface area contributed by atoms with E-state index in [1.807, 2.05) is 0 Å². The van der Waals surface area contributed by atoms with E-state index in [2.05, 4.69) is 20.3 Å². The summed E-state index contributed by atoms with van der Waals surface area (Å²) in [5.74, 6) is -0.829. The van der Waals surface area contributed by atoms with Gasteiger partial charge in [-0.05, 0) is 17.7 Å². The predicted molar refractivity (Wildman–Crippen MR) is 91.8 cm³/mol. The first-order chi connectivity index (χ1) is 12.4. The van der Waals surface area contributed by atoms with E-state index in [1.54, 1.807) is 0 Å². The van der Waals surface area contributed by atoms with Crippen LogP contribution in [0.1, 0.15) is 11.3 Å². The molecule has 136 valence electrons. The molecule has 0 radical (unpaired) electrons. The summed E-state index contributed by atoms with van der Waals surface area (Å²) in [6.07, 6.45) is -0.784. The Morgan fingerprint density at radius 2 is 2.08 bits per heavy atom. The summed E-state index contributed by atoms with van der Waals surface area (Å²) >= 11 is 1.03. The van der Waals surface area contributed by atoms with E-state index in [0.29, 0.717) is 5.56 Å². The maximum atomic E-state index is 11.8. The standard InChI is InChI=1S/C14H13N5O6S/c1-24-18-11(12(15)20)10-7-26-13(16-10)17-14(21)25-6-8-2-4-9(5-3-8)19(22)23/h2-5,7H,6H2,1H3,(H2,15,20)(H,16,17,21). The molecule has 26 heavy (non-hydrogen) atoms. The van der Waals surface area contributed by atoms with E-state index in [4.69, 9.17) is 10.5 Å². The highest BCUT2D eigenvalue weighted by Crippen LogP contribution is 2.17. The van der Waals surface area contributed by atoms with Crippen LogP contribution < -0.4 is 11.1 Å². The summed E-state index contributed by atoms with van der Waals surface area (Å²) in [6.45, 7) is -0.0836. The Labute approximate surface area is 150 Å². The lowest BCUT2D eigenvalue weighted by molar-refractivity contribution is -0.384. The molecule has 1 heterocycles. The number of hydrogen-bond donors (Lipinski definition) is 2. The molecular weight excluding hydrogens is 366 g/mol. The summed E-state index contributed by atoms with van der Waals surface area (Å²) in [4.78, 5) is 41.6. The number of aromatic nitrogens is 1. The van der Waals surface area contributed by atoms with Gasteiger partial charge in [-0.25, -0.2) is 9.78 Å². The number of carbonyl (C=O) groups is 2. The zero-order valence-electron chi connectivity index (χ0n) is 13.4. The van der Waals surface area contributed by atoms with Gasteiger partial charge >= 0.3 is 6.09 Å². The van der Waals surface area contributed by atoms with E-state index >= 15 is 0 Å². The third-order valence-corrected chi connectivity index (χ3v) is 3.65. The molecule has 0 bridgehead atoms. The number of nitro benzene ring substituents is 1. The average molecular weight is 379 g/mol. The molecule has 0 atom stereocenters. The van der Waals surface area contributed by atoms with Gasteiger partial charge in [0.05, 0.1) is 4.92 Å². The molecule has 0 saturated carbocycles. The molecule has 0 aliphatic heterocycles. The summed E-state index contributed by atoms with van der Waals surface area (Å²) in [5, 5.41) is 18.1. The Morgan fingerprint density at radius 1 is 1.38 bits per heavy atom. The van der Waals surface area contributed by atoms with E-state index in [1.165, 1.54) is 36.8 Å². The second kappa shape index (κ2) is 8.53. The highest BCUT2D eigenvalue weighted by atomic mass is 32.1. The Kier molecular flexibility index (Phi) is 6.16. The fourth-order valence-corrected chi connectivity index (χ4v) is 2.42. The number of hydrogen-bond acceptors (Lipinski definition) is 9. The molecule has 2 amide bonds. The number of nitrogens with zero attached hydrogens (tertiary/aromatic N) is 3. The molecule has 0 aliphatic carbocycles. The van der Waals surface area contributed by atoms with Gasteiger partial charge in [0.2, 0.25) is 0 Å². The normalized spacial score (nSPS) is 10.9. The molecule has 0 aliphatic rings. The summed E-state index contributed by atoms with van der Waals surface area (Å²) in [6, 6.07) is 5.58. The van der Waals surface area contributed by atoms with Gasteiger partial charge in [0, 0.05) is 17.5 Å². The number of anilines is 1. The third kappa shape index (κ3) is 4.98. The maximum Gasteiger partial charge on any atom is 0.413 e. The van der Waals surface area contributed by atoms with Crippen molar-refractivity contribution in [1.82, 2.24) is 4.98 Å². The van der Waals surface area contributed by atoms with Crippen LogP contribution in [-0.4, -0.2) is 34.7 Å². The lowest BCUT2D eigenvalue weighted by Crippen LogP contribution is -2.25. The number of ether oxygens (including phenoxy) is 1. The molecule has 1 aromatic heterocycles. The lowest BCUT2D eigenvalue weighted by atomic mass is 10.2. The summed E-state index contributed by atoms with van der Waals surface area (Å²) in [7, 11) is 1.25. The molecule has 0 spiro atoms. The highest BCUT2D eigenvalue weighted by Gasteiger charge is 2.17. The first-order valence-electron chi connectivity index (χ1n) is 6.94. The van der Waals surface area contributed by atoms with Gasteiger partial charge in [-0.15, -0.1) is 11.3 Å². The SMILES string of the molecule is CON=C(C(N)=O)c1csc(NC(=O)OCc2ccc([N+](=O)[O-])cc2)n1. The Balaban J connectivity index is 1.93. The van der Waals surface area contributed by atoms with Crippen molar-refractivity contribution in [2.24, 2.45) is 10.9 Å². The Morgan fingerprint density at radius 3 is 2.65 bits per heavy atom. The monoisotopic (exact) mass is 379 g/mol. The highest BCUT2D eigenvalue weighted by molar-refractivity contribution is 7.14. The van der Waals surface area contributed by atoms with Crippen molar-refractivity contribution < 1.29 is 24.1 Å². The molecule has 2 aromatic rings. The molecule has 3 N–H and O–H groups in total. The van der Waals surface area contributed by atoms with E-state index < -0.39 is 16.9 Å². The number of carbonyl (C=O) groups excluding carboxylic acids is 2. The number of rotatable bonds is 7. The van der Waals surface area contributed by atoms with Crippen LogP contribution in [0, 0.1) is 10.1 Å². The fraction of sp³-hybridized carbons (Fsp3) is 0.143. The van der Waals surface area contributed by atoms with Gasteiger partial charge in [0.1, 0.15) is 19.4 Å². The van der Waals surface area contributed by atoms with Crippen molar-refractivity contribution >= 4 is 39.9 Å². The third-order valence-electron chi connectivity index (χ3n) is 2.89. The molecule has 0 unspecified atom stereocenters. The van der Waals surface area contributed by atoms with Crippen LogP contribution in [-0.2, 0) is 21.0 Å². The van der Waals surface area contributed by atoms with Gasteiger partial charge < -0.3 is 15.3 Å². The number of primary amides is 1. The van der Waals surface area contributed by atoms with Crippen LogP contribution in [0.25, 0.3) is 0 Å². The fourth-order valence-electron chi connectivity index (χ4n) is 1.74. The summed E-state index contributed by atoms with van der Waals surface area (Å²) in [5.41, 5.74) is 5.65. The minimum absolute atomic E-state index is 0.0588. The second-order valence-electron chi connectivity index (χ2n) is 4.65. The molecule has 0 saturated heterocycles. The first kappa shape index (κ1) is 18.8. The van der Waals surface area contributed by atoms with Crippen molar-refractivity contribution in [3.8, 4) is 0 Å². The lowest BCUT2D eigenvalue weighted by Gasteiger charge is -2.04. The van der Waals surface area contributed by atoms with Crippen LogP contribution in [0.15, 0.2) is 34.8 Å². The van der Waals surface area contributed by atoms with Crippen LogP contribution in [0.5, 0.6) is 0 Å². The number of oxime groups is 1. The van der Waals surface area contributed by atoms with Crippen LogP contribution in [0.4, 0.5) is 15.6 Å². The number of amides is 2. The van der Waals surface area contributed by atoms with Gasteiger partial charge in [-0.2, -0.15) is 0 Å². The number of nitro groups is 1. The minimum Gasteiger partial charge on any atom is -0.444 e. The second-order valence-corrected chi connectivity index (χ2v) is 5.51. The van der Waals surface area contributed by atoms with Gasteiger partial charge in [-0.1, -0.05) is 5.16 Å². The van der Waals surface area contributed by atoms with Crippen LogP contribution >= 0.6 is 11.3 Å². The van der Waals surface area contributed by atoms with Crippen LogP contribution in [0.3, 0.4) is 0 Å². The van der Waals surface area contributed by atoms with E-state index in [-0.39, 0.29) is 28.8 Å². The minimum atomic E-state index is -0.829. The maximum absolute atomic E-state index is 11.8. The zero-order valence-corrected chi connectivity index (χ0v) is 14.2. The summed E-state index contributed by atoms with van der Waals surface area (Å²) < 4.78 is 5.00. The van der Waals surface area contributed by atoms with Crippen molar-refractivity contribution in [3.63, 3.8) is 0 Å². The van der Waals surface area contributed by atoms with Crippen molar-refractivity contribution in [2.45, 2.75) is 6.61 Å². The quantitative estimate of drug-likeness (QED) is 0.420. The first-order valence-corrected chi connectivity index (χ1v) is 7.82. The topological polar surface area (TPSA) is 159 Å². The number of nitrogens with one attached hydrogen (secondary N) is 1. The number of benzene rings is 1. The zero-order chi connectivity index (χ0) is 19.1. The van der Waals surface area contributed by atoms with E-state index in [9.17, 15) is 19.7 Å². The predicted octanol–water partition coefficient (Wildman–Crippen LogP) is 1.64. The molecule has 0 fully saturated rings. The van der Waals surface area contributed by atoms with Gasteiger partial charge in [0.15, 0.2) is 10.8 Å². The van der Waals surface area contributed by atoms with Crippen molar-refractivity contribution in [2.75, 3.05) is 12.4 Å². The molecule has 2 rings (SSSR count). The molecule has 11 nitrogen and oxygen atoms in total. The van der Waals surface area contributed by atoms with E-state index in [0.717, 1.165) is 11.3 Å². The Bertz CT molecular complexity index is 848. The Hall–Kier alpha value is -3.54. The molecular formula is C14H13N5O6S. The average Bonchev–Trinajstić information content (AvgIpc) is 3.05. The van der Waals surface area contributed by atoms with Crippen molar-refractivity contribution in [1.29, 1.82) is 0 Å². The van der Waals surface area contributed by atoms with Crippen molar-refractivity contribution in [3.05, 3.63) is 51.0 Å². The number of thiazole rings is 1. The van der Waals surface area contributed by atoms with Gasteiger partial charge in [-0.3, -0.25) is 20.2 Å². The largest absolute Gasteiger partial charge is 0.444 e. The molecule has 1 aromatic carbocycles. The number of nitrogens with two attached hydrogens (primary N) is 1. The smallest absolute Gasteiger partial charge is 0.413 e. The number of non-ortho nitro benzene ring substituents is 1. The van der Waals surface area contributed by atoms with Crippen LogP contribution in [0.2, 0.25) is 0 Å². The molecule has 12 heteroatoms.